The fourth-order valence-corrected chi connectivity index (χ4v) is 4.55. The molecule has 1 saturated heterocycles. The average molecular weight is 495 g/mol. The van der Waals surface area contributed by atoms with Crippen molar-refractivity contribution in [1.29, 1.82) is 0 Å². The topological polar surface area (TPSA) is 76.1 Å². The number of benzene rings is 3. The van der Waals surface area contributed by atoms with Gasteiger partial charge in [-0.2, -0.15) is 0 Å². The first-order valence-corrected chi connectivity index (χ1v) is 11.1. The number of nitrogens with zero attached hydrogens (tertiary/aromatic N) is 1. The number of hydrogen-bond acceptors (Lipinski definition) is 5. The number of halogens is 3. The van der Waals surface area contributed by atoms with Crippen LogP contribution in [-0.2, 0) is 16.0 Å². The Bertz CT molecular complexity index is 1400. The van der Waals surface area contributed by atoms with Gasteiger partial charge in [-0.1, -0.05) is 29.8 Å². The van der Waals surface area contributed by atoms with Crippen molar-refractivity contribution in [3.05, 3.63) is 94.6 Å². The van der Waals surface area contributed by atoms with Gasteiger partial charge in [-0.15, -0.1) is 13.2 Å². The van der Waals surface area contributed by atoms with E-state index >= 15 is 0 Å². The highest BCUT2D eigenvalue weighted by Gasteiger charge is 2.47. The molecule has 2 aliphatic rings. The molecule has 0 saturated carbocycles. The van der Waals surface area contributed by atoms with E-state index in [1.165, 1.54) is 17.0 Å². The van der Waals surface area contributed by atoms with Gasteiger partial charge < -0.3 is 14.6 Å². The molecular weight excluding hydrogens is 475 g/mol. The molecular formula is C27H20F3NO5. The van der Waals surface area contributed by atoms with Crippen molar-refractivity contribution in [2.45, 2.75) is 25.7 Å². The second kappa shape index (κ2) is 8.75. The zero-order valence-corrected chi connectivity index (χ0v) is 19.0. The molecule has 184 valence electrons. The summed E-state index contributed by atoms with van der Waals surface area (Å²) < 4.78 is 47.2. The molecule has 9 heteroatoms. The third kappa shape index (κ3) is 4.28. The van der Waals surface area contributed by atoms with Crippen LogP contribution < -0.4 is 14.4 Å². The van der Waals surface area contributed by atoms with Crippen LogP contribution in [0.1, 0.15) is 28.3 Å². The van der Waals surface area contributed by atoms with Gasteiger partial charge in [0.25, 0.3) is 11.7 Å². The molecule has 2 aliphatic heterocycles. The van der Waals surface area contributed by atoms with E-state index in [1.807, 2.05) is 13.0 Å². The van der Waals surface area contributed by atoms with Gasteiger partial charge in [0, 0.05) is 17.7 Å². The van der Waals surface area contributed by atoms with Crippen LogP contribution in [0, 0.1) is 6.92 Å². The van der Waals surface area contributed by atoms with E-state index in [9.17, 15) is 27.9 Å². The Hall–Kier alpha value is -4.27. The maximum atomic E-state index is 13.3. The molecule has 1 N–H and O–H groups in total. The summed E-state index contributed by atoms with van der Waals surface area (Å²) in [5.41, 5.74) is 2.74. The summed E-state index contributed by atoms with van der Waals surface area (Å²) in [6, 6.07) is 15.8. The van der Waals surface area contributed by atoms with Gasteiger partial charge in [-0.25, -0.2) is 0 Å². The second-order valence-corrected chi connectivity index (χ2v) is 8.55. The summed E-state index contributed by atoms with van der Waals surface area (Å²) >= 11 is 0. The largest absolute Gasteiger partial charge is 0.573 e. The number of carbonyl (C=O) groups is 2. The zero-order valence-electron chi connectivity index (χ0n) is 19.0. The molecule has 0 aromatic heterocycles. The number of fused-ring (bicyclic) bond motifs is 1. The lowest BCUT2D eigenvalue weighted by atomic mass is 9.93. The standard InChI is InChI=1S/C27H20F3NO5/c1-15-3-2-4-17(13-15)23-22(24(32)18-5-10-21-16(14-18)11-12-35-21)25(33)26(34)31(23)19-6-8-20(9-7-19)36-27(28,29)30/h2-10,13-14,23,32H,11-12H2,1H3/b24-22-. The molecule has 0 radical (unpaired) electrons. The first kappa shape index (κ1) is 23.5. The smallest absolute Gasteiger partial charge is 0.507 e. The fourth-order valence-electron chi connectivity index (χ4n) is 4.55. The number of carbonyl (C=O) groups excluding carboxylic acids is 2. The van der Waals surface area contributed by atoms with E-state index in [0.29, 0.717) is 29.9 Å². The molecule has 0 bridgehead atoms. The maximum absolute atomic E-state index is 13.3. The minimum absolute atomic E-state index is 0.111. The van der Waals surface area contributed by atoms with Gasteiger partial charge in [0.2, 0.25) is 0 Å². The van der Waals surface area contributed by atoms with Crippen LogP contribution in [0.3, 0.4) is 0 Å². The Balaban J connectivity index is 1.63. The van der Waals surface area contributed by atoms with Crippen molar-refractivity contribution >= 4 is 23.1 Å². The summed E-state index contributed by atoms with van der Waals surface area (Å²) in [5, 5.41) is 11.3. The normalized spacial score (nSPS) is 18.8. The lowest BCUT2D eigenvalue weighted by Crippen LogP contribution is -2.29. The third-order valence-corrected chi connectivity index (χ3v) is 6.11. The van der Waals surface area contributed by atoms with Crippen molar-refractivity contribution in [1.82, 2.24) is 0 Å². The predicted molar refractivity (Wildman–Crippen MR) is 125 cm³/mol. The van der Waals surface area contributed by atoms with E-state index in [2.05, 4.69) is 4.74 Å². The quantitative estimate of drug-likeness (QED) is 0.296. The summed E-state index contributed by atoms with van der Waals surface area (Å²) in [6.07, 6.45) is -4.22. The minimum Gasteiger partial charge on any atom is -0.507 e. The average Bonchev–Trinajstić information content (AvgIpc) is 3.40. The minimum atomic E-state index is -4.87. The molecule has 6 nitrogen and oxygen atoms in total. The molecule has 1 fully saturated rings. The Morgan fingerprint density at radius 1 is 1.06 bits per heavy atom. The van der Waals surface area contributed by atoms with Gasteiger partial charge in [0.1, 0.15) is 17.3 Å². The van der Waals surface area contributed by atoms with Crippen LogP contribution in [0.5, 0.6) is 11.5 Å². The van der Waals surface area contributed by atoms with Crippen LogP contribution in [0.2, 0.25) is 0 Å². The van der Waals surface area contributed by atoms with Crippen molar-refractivity contribution < 1.29 is 37.3 Å². The number of aliphatic hydroxyl groups excluding tert-OH is 1. The van der Waals surface area contributed by atoms with E-state index in [1.54, 1.807) is 36.4 Å². The fraction of sp³-hybridized carbons (Fsp3) is 0.185. The highest BCUT2D eigenvalue weighted by Crippen LogP contribution is 2.43. The molecule has 3 aromatic carbocycles. The SMILES string of the molecule is Cc1cccc(C2/C(=C(/O)c3ccc4c(c3)CCO4)C(=O)C(=O)N2c2ccc(OC(F)(F)F)cc2)c1. The number of Topliss-reactive ketones (excluding diaryl/α,β-unsaturated/α-hetero) is 1. The Kier molecular flexibility index (Phi) is 5.70. The first-order valence-electron chi connectivity index (χ1n) is 11.1. The molecule has 36 heavy (non-hydrogen) atoms. The summed E-state index contributed by atoms with van der Waals surface area (Å²) in [5.74, 6) is -1.91. The number of ketones is 1. The van der Waals surface area contributed by atoms with Gasteiger partial charge in [0.05, 0.1) is 18.2 Å². The van der Waals surface area contributed by atoms with Crippen molar-refractivity contribution in [2.24, 2.45) is 0 Å². The number of hydrogen-bond donors (Lipinski definition) is 1. The van der Waals surface area contributed by atoms with Gasteiger partial charge >= 0.3 is 6.36 Å². The van der Waals surface area contributed by atoms with Crippen LogP contribution in [0.4, 0.5) is 18.9 Å². The highest BCUT2D eigenvalue weighted by molar-refractivity contribution is 6.51. The van der Waals surface area contributed by atoms with Crippen LogP contribution in [-0.4, -0.2) is 29.8 Å². The van der Waals surface area contributed by atoms with E-state index in [4.69, 9.17) is 4.74 Å². The Morgan fingerprint density at radius 2 is 1.81 bits per heavy atom. The first-order chi connectivity index (χ1) is 17.1. The molecule has 1 amide bonds. The van der Waals surface area contributed by atoms with Gasteiger partial charge in [0.15, 0.2) is 0 Å². The van der Waals surface area contributed by atoms with Crippen molar-refractivity contribution in [3.63, 3.8) is 0 Å². The number of anilines is 1. The number of ether oxygens (including phenoxy) is 2. The molecule has 0 aliphatic carbocycles. The molecule has 0 spiro atoms. The lowest BCUT2D eigenvalue weighted by Gasteiger charge is -2.26. The Morgan fingerprint density at radius 3 is 2.50 bits per heavy atom. The molecule has 1 atom stereocenters. The van der Waals surface area contributed by atoms with Crippen LogP contribution >= 0.6 is 0 Å². The molecule has 5 rings (SSSR count). The Labute approximate surface area is 204 Å². The van der Waals surface area contributed by atoms with E-state index in [-0.39, 0.29) is 17.0 Å². The van der Waals surface area contributed by atoms with E-state index < -0.39 is 29.8 Å². The van der Waals surface area contributed by atoms with Crippen LogP contribution in [0.25, 0.3) is 5.76 Å². The summed E-state index contributed by atoms with van der Waals surface area (Å²) in [4.78, 5) is 27.7. The number of aryl methyl sites for hydroxylation is 1. The van der Waals surface area contributed by atoms with Gasteiger partial charge in [-0.3, -0.25) is 14.5 Å². The number of amides is 1. The molecule has 2 heterocycles. The summed E-state index contributed by atoms with van der Waals surface area (Å²) in [6.45, 7) is 2.36. The zero-order chi connectivity index (χ0) is 25.6. The van der Waals surface area contributed by atoms with Crippen molar-refractivity contribution in [2.75, 3.05) is 11.5 Å². The molecule has 1 unspecified atom stereocenters. The van der Waals surface area contributed by atoms with Gasteiger partial charge in [-0.05, 0) is 60.5 Å². The van der Waals surface area contributed by atoms with E-state index in [0.717, 1.165) is 23.3 Å². The number of aliphatic hydroxyl groups is 1. The third-order valence-electron chi connectivity index (χ3n) is 6.11. The lowest BCUT2D eigenvalue weighted by molar-refractivity contribution is -0.274. The number of alkyl halides is 3. The monoisotopic (exact) mass is 495 g/mol. The predicted octanol–water partition coefficient (Wildman–Crippen LogP) is 5.45. The highest BCUT2D eigenvalue weighted by atomic mass is 19.4. The second-order valence-electron chi connectivity index (χ2n) is 8.55. The maximum Gasteiger partial charge on any atom is 0.573 e. The molecule has 3 aromatic rings. The number of rotatable bonds is 4. The van der Waals surface area contributed by atoms with Crippen LogP contribution in [0.15, 0.2) is 72.3 Å². The summed E-state index contributed by atoms with van der Waals surface area (Å²) in [7, 11) is 0. The van der Waals surface area contributed by atoms with Crippen molar-refractivity contribution in [3.8, 4) is 11.5 Å².